The monoisotopic (exact) mass is 206 g/mol. The molecule has 3 nitrogen and oxygen atoms in total. The smallest absolute Gasteiger partial charge is 0.253 e. The van der Waals surface area contributed by atoms with E-state index in [1.165, 1.54) is 0 Å². The van der Waals surface area contributed by atoms with Gasteiger partial charge in [0.1, 0.15) is 5.82 Å². The Morgan fingerprint density at radius 3 is 3.13 bits per heavy atom. The molecule has 1 aromatic heterocycles. The van der Waals surface area contributed by atoms with Crippen LogP contribution in [0.25, 0.3) is 0 Å². The van der Waals surface area contributed by atoms with Gasteiger partial charge in [-0.25, -0.2) is 4.98 Å². The predicted octanol–water partition coefficient (Wildman–Crippen LogP) is 1.78. The normalized spacial score (nSPS) is 20.0. The molecule has 15 heavy (non-hydrogen) atoms. The van der Waals surface area contributed by atoms with Crippen molar-refractivity contribution in [2.75, 3.05) is 0 Å². The maximum absolute atomic E-state index is 11.8. The largest absolute Gasteiger partial charge is 0.296 e. The molecule has 0 amide bonds. The van der Waals surface area contributed by atoms with Crippen LogP contribution in [0, 0.1) is 5.92 Å². The molecule has 0 bridgehead atoms. The molecule has 2 heterocycles. The molecule has 82 valence electrons. The van der Waals surface area contributed by atoms with Crippen molar-refractivity contribution in [3.8, 4) is 0 Å². The van der Waals surface area contributed by atoms with E-state index in [4.69, 9.17) is 0 Å². The van der Waals surface area contributed by atoms with Gasteiger partial charge in [-0.3, -0.25) is 9.36 Å². The summed E-state index contributed by atoms with van der Waals surface area (Å²) < 4.78 is 1.84. The van der Waals surface area contributed by atoms with E-state index in [-0.39, 0.29) is 5.56 Å². The third kappa shape index (κ3) is 2.11. The van der Waals surface area contributed by atoms with E-state index in [9.17, 15) is 4.79 Å². The first kappa shape index (κ1) is 10.4. The summed E-state index contributed by atoms with van der Waals surface area (Å²) in [6, 6.07) is 1.70. The Morgan fingerprint density at radius 1 is 1.60 bits per heavy atom. The van der Waals surface area contributed by atoms with E-state index in [1.807, 2.05) is 4.57 Å². The molecule has 0 radical (unpaired) electrons. The first-order chi connectivity index (χ1) is 7.20. The van der Waals surface area contributed by atoms with Gasteiger partial charge in [0.05, 0.1) is 0 Å². The number of rotatable bonds is 2. The van der Waals surface area contributed by atoms with Gasteiger partial charge in [-0.1, -0.05) is 20.3 Å². The van der Waals surface area contributed by atoms with Crippen LogP contribution in [0.2, 0.25) is 0 Å². The highest BCUT2D eigenvalue weighted by Crippen LogP contribution is 2.16. The highest BCUT2D eigenvalue weighted by molar-refractivity contribution is 5.06. The average Bonchev–Trinajstić information content (AvgIpc) is 2.20. The molecular formula is C12H18N2O. The van der Waals surface area contributed by atoms with Crippen LogP contribution in [0.1, 0.15) is 38.2 Å². The summed E-state index contributed by atoms with van der Waals surface area (Å²) in [5.74, 6) is 1.60. The third-order valence-electron chi connectivity index (χ3n) is 3.00. The Balaban J connectivity index is 2.39. The lowest BCUT2D eigenvalue weighted by atomic mass is 10.0. The molecule has 0 aliphatic carbocycles. The Kier molecular flexibility index (Phi) is 2.89. The number of nitrogens with zero attached hydrogens (tertiary/aromatic N) is 2. The summed E-state index contributed by atoms with van der Waals surface area (Å²) in [7, 11) is 0. The zero-order chi connectivity index (χ0) is 10.8. The predicted molar refractivity (Wildman–Crippen MR) is 60.0 cm³/mol. The molecule has 1 unspecified atom stereocenters. The van der Waals surface area contributed by atoms with Gasteiger partial charge in [0.25, 0.3) is 5.56 Å². The molecule has 0 spiro atoms. The average molecular weight is 206 g/mol. The molecular weight excluding hydrogens is 188 g/mol. The SMILES string of the molecule is CCCc1cc(=O)n2c(n1)CCC(C)C2. The fourth-order valence-electron chi connectivity index (χ4n) is 2.15. The maximum Gasteiger partial charge on any atom is 0.253 e. The van der Waals surface area contributed by atoms with E-state index >= 15 is 0 Å². The van der Waals surface area contributed by atoms with E-state index in [2.05, 4.69) is 18.8 Å². The van der Waals surface area contributed by atoms with Crippen LogP contribution in [0.15, 0.2) is 10.9 Å². The summed E-state index contributed by atoms with van der Waals surface area (Å²) in [6.07, 6.45) is 4.07. The van der Waals surface area contributed by atoms with Crippen LogP contribution >= 0.6 is 0 Å². The first-order valence-electron chi connectivity index (χ1n) is 5.80. The van der Waals surface area contributed by atoms with E-state index < -0.39 is 0 Å². The number of fused-ring (bicyclic) bond motifs is 1. The summed E-state index contributed by atoms with van der Waals surface area (Å²) in [6.45, 7) is 5.14. The quantitative estimate of drug-likeness (QED) is 0.739. The van der Waals surface area contributed by atoms with E-state index in [1.54, 1.807) is 6.07 Å². The summed E-state index contributed by atoms with van der Waals surface area (Å²) >= 11 is 0. The lowest BCUT2D eigenvalue weighted by Gasteiger charge is -2.22. The molecule has 1 atom stereocenters. The van der Waals surface area contributed by atoms with Crippen LogP contribution in [0.3, 0.4) is 0 Å². The van der Waals surface area contributed by atoms with Crippen LogP contribution in [0.4, 0.5) is 0 Å². The minimum Gasteiger partial charge on any atom is -0.296 e. The highest BCUT2D eigenvalue weighted by Gasteiger charge is 2.17. The van der Waals surface area contributed by atoms with Crippen molar-refractivity contribution in [2.45, 2.75) is 46.1 Å². The van der Waals surface area contributed by atoms with Gasteiger partial charge in [0.2, 0.25) is 0 Å². The van der Waals surface area contributed by atoms with Crippen molar-refractivity contribution in [1.29, 1.82) is 0 Å². The standard InChI is InChI=1S/C12H18N2O/c1-3-4-10-7-12(15)14-8-9(2)5-6-11(14)13-10/h7,9H,3-6,8H2,1-2H3. The molecule has 0 aromatic carbocycles. The summed E-state index contributed by atoms with van der Waals surface area (Å²) in [5.41, 5.74) is 1.10. The molecule has 2 rings (SSSR count). The lowest BCUT2D eigenvalue weighted by molar-refractivity contribution is 0.377. The zero-order valence-electron chi connectivity index (χ0n) is 9.49. The molecule has 3 heteroatoms. The van der Waals surface area contributed by atoms with Gasteiger partial charge < -0.3 is 0 Å². The lowest BCUT2D eigenvalue weighted by Crippen LogP contribution is -2.31. The second-order valence-corrected chi connectivity index (χ2v) is 4.51. The third-order valence-corrected chi connectivity index (χ3v) is 3.00. The fraction of sp³-hybridized carbons (Fsp3) is 0.667. The Bertz CT molecular complexity index is 409. The summed E-state index contributed by atoms with van der Waals surface area (Å²) in [4.78, 5) is 16.4. The Hall–Kier alpha value is -1.12. The van der Waals surface area contributed by atoms with Gasteiger partial charge in [0, 0.05) is 24.7 Å². The number of hydrogen-bond acceptors (Lipinski definition) is 2. The van der Waals surface area contributed by atoms with Crippen molar-refractivity contribution in [3.05, 3.63) is 27.9 Å². The molecule has 0 fully saturated rings. The van der Waals surface area contributed by atoms with Crippen molar-refractivity contribution >= 4 is 0 Å². The fourth-order valence-corrected chi connectivity index (χ4v) is 2.15. The highest BCUT2D eigenvalue weighted by atomic mass is 16.1. The van der Waals surface area contributed by atoms with Crippen LogP contribution in [-0.2, 0) is 19.4 Å². The van der Waals surface area contributed by atoms with Gasteiger partial charge in [-0.15, -0.1) is 0 Å². The van der Waals surface area contributed by atoms with Crippen molar-refractivity contribution in [3.63, 3.8) is 0 Å². The van der Waals surface area contributed by atoms with Gasteiger partial charge in [0.15, 0.2) is 0 Å². The van der Waals surface area contributed by atoms with Gasteiger partial charge >= 0.3 is 0 Å². The van der Waals surface area contributed by atoms with Crippen molar-refractivity contribution in [2.24, 2.45) is 5.92 Å². The van der Waals surface area contributed by atoms with Gasteiger partial charge in [-0.2, -0.15) is 0 Å². The minimum absolute atomic E-state index is 0.134. The van der Waals surface area contributed by atoms with Crippen molar-refractivity contribution < 1.29 is 0 Å². The second-order valence-electron chi connectivity index (χ2n) is 4.51. The topological polar surface area (TPSA) is 34.9 Å². The number of hydrogen-bond donors (Lipinski definition) is 0. The minimum atomic E-state index is 0.134. The summed E-state index contributed by atoms with van der Waals surface area (Å²) in [5, 5.41) is 0. The van der Waals surface area contributed by atoms with E-state index in [0.29, 0.717) is 5.92 Å². The molecule has 0 N–H and O–H groups in total. The second kappa shape index (κ2) is 4.17. The molecule has 1 aromatic rings. The molecule has 1 aliphatic rings. The van der Waals surface area contributed by atoms with Crippen LogP contribution < -0.4 is 5.56 Å². The zero-order valence-corrected chi connectivity index (χ0v) is 9.49. The van der Waals surface area contributed by atoms with Gasteiger partial charge in [-0.05, 0) is 18.8 Å². The Labute approximate surface area is 90.2 Å². The maximum atomic E-state index is 11.8. The van der Waals surface area contributed by atoms with Crippen LogP contribution in [0.5, 0.6) is 0 Å². The number of aromatic nitrogens is 2. The van der Waals surface area contributed by atoms with Crippen molar-refractivity contribution in [1.82, 2.24) is 9.55 Å². The first-order valence-corrected chi connectivity index (χ1v) is 5.80. The Morgan fingerprint density at radius 2 is 2.40 bits per heavy atom. The molecule has 0 saturated carbocycles. The molecule has 0 saturated heterocycles. The van der Waals surface area contributed by atoms with Crippen LogP contribution in [-0.4, -0.2) is 9.55 Å². The van der Waals surface area contributed by atoms with E-state index in [0.717, 1.165) is 43.7 Å². The molecule has 1 aliphatic heterocycles. The number of aryl methyl sites for hydroxylation is 2.